The zero-order valence-electron chi connectivity index (χ0n) is 17.2. The fourth-order valence-corrected chi connectivity index (χ4v) is 4.47. The number of nitrogens with zero attached hydrogens (tertiary/aromatic N) is 2. The minimum absolute atomic E-state index is 0.0973. The Bertz CT molecular complexity index is 1090. The summed E-state index contributed by atoms with van der Waals surface area (Å²) < 4.78 is 5.60. The molecule has 2 aliphatic rings. The normalized spacial score (nSPS) is 19.5. The highest BCUT2D eigenvalue weighted by Gasteiger charge is 2.38. The summed E-state index contributed by atoms with van der Waals surface area (Å²) in [5.41, 5.74) is 1.81. The lowest BCUT2D eigenvalue weighted by molar-refractivity contribution is 0.117. The number of nitrogens with one attached hydrogen (secondary N) is 1. The summed E-state index contributed by atoms with van der Waals surface area (Å²) in [5.74, 6) is 0. The molecule has 3 aromatic rings. The molecule has 2 saturated heterocycles. The number of cyclic esters (lactones) is 1. The number of carbonyl (C=O) groups is 2. The van der Waals surface area contributed by atoms with Gasteiger partial charge in [0, 0.05) is 24.8 Å². The van der Waals surface area contributed by atoms with Crippen molar-refractivity contribution in [3.05, 3.63) is 78.4 Å². The molecule has 0 bridgehead atoms. The summed E-state index contributed by atoms with van der Waals surface area (Å²) in [6.07, 6.45) is 1.03. The van der Waals surface area contributed by atoms with E-state index in [9.17, 15) is 9.59 Å². The first kappa shape index (κ1) is 19.4. The van der Waals surface area contributed by atoms with Crippen LogP contribution in [0.4, 0.5) is 15.3 Å². The molecule has 2 fully saturated rings. The Morgan fingerprint density at radius 1 is 0.903 bits per heavy atom. The summed E-state index contributed by atoms with van der Waals surface area (Å²) in [6.45, 7) is 1.80. The van der Waals surface area contributed by atoms with Crippen LogP contribution in [0.3, 0.4) is 0 Å². The van der Waals surface area contributed by atoms with Crippen LogP contribution in [-0.4, -0.2) is 47.6 Å². The Morgan fingerprint density at radius 2 is 1.61 bits per heavy atom. The van der Waals surface area contributed by atoms with Crippen LogP contribution < -0.4 is 5.32 Å². The Morgan fingerprint density at radius 3 is 2.39 bits per heavy atom. The van der Waals surface area contributed by atoms with Crippen LogP contribution in [0, 0.1) is 0 Å². The summed E-state index contributed by atoms with van der Waals surface area (Å²) >= 11 is 0. The van der Waals surface area contributed by atoms with E-state index in [1.54, 1.807) is 0 Å². The molecule has 31 heavy (non-hydrogen) atoms. The number of hydrogen-bond donors (Lipinski definition) is 1. The number of fused-ring (bicyclic) bond motifs is 1. The Kier molecular flexibility index (Phi) is 5.20. The number of piperidine rings is 1. The molecule has 1 atom stereocenters. The van der Waals surface area contributed by atoms with E-state index in [-0.39, 0.29) is 24.3 Å². The van der Waals surface area contributed by atoms with Crippen LogP contribution >= 0.6 is 0 Å². The molecule has 2 heterocycles. The van der Waals surface area contributed by atoms with Crippen LogP contribution in [0.1, 0.15) is 24.5 Å². The molecule has 0 spiro atoms. The minimum Gasteiger partial charge on any atom is -0.439 e. The molecule has 6 nitrogen and oxygen atoms in total. The maximum Gasteiger partial charge on any atom is 0.410 e. The standard InChI is InChI=1S/C25H25N3O3/c29-24(26-21-11-10-18-6-4-5-9-20(18)16-21)27-14-12-22(13-15-27)28-17-23(31-25(28)30)19-7-2-1-3-8-19/h1-11,16,22-23H,12-15,17H2,(H,26,29). The lowest BCUT2D eigenvalue weighted by Crippen LogP contribution is -2.48. The second-order valence-electron chi connectivity index (χ2n) is 8.15. The molecule has 0 saturated carbocycles. The second-order valence-corrected chi connectivity index (χ2v) is 8.15. The van der Waals surface area contributed by atoms with Gasteiger partial charge in [-0.05, 0) is 41.3 Å². The lowest BCUT2D eigenvalue weighted by atomic mass is 10.0. The fraction of sp³-hybridized carbons (Fsp3) is 0.280. The van der Waals surface area contributed by atoms with Gasteiger partial charge in [-0.1, -0.05) is 60.7 Å². The lowest BCUT2D eigenvalue weighted by Gasteiger charge is -2.35. The van der Waals surface area contributed by atoms with Gasteiger partial charge in [-0.15, -0.1) is 0 Å². The summed E-state index contributed by atoms with van der Waals surface area (Å²) in [4.78, 5) is 28.8. The van der Waals surface area contributed by atoms with Crippen LogP contribution in [0.15, 0.2) is 72.8 Å². The van der Waals surface area contributed by atoms with Gasteiger partial charge in [0.05, 0.1) is 6.54 Å². The zero-order chi connectivity index (χ0) is 21.2. The van der Waals surface area contributed by atoms with E-state index in [2.05, 4.69) is 11.4 Å². The molecule has 158 valence electrons. The predicted molar refractivity (Wildman–Crippen MR) is 120 cm³/mol. The maximum absolute atomic E-state index is 12.7. The molecule has 3 amide bonds. The number of ether oxygens (including phenoxy) is 1. The fourth-order valence-electron chi connectivity index (χ4n) is 4.47. The molecule has 0 aliphatic carbocycles. The first-order valence-electron chi connectivity index (χ1n) is 10.7. The third kappa shape index (κ3) is 4.06. The summed E-state index contributed by atoms with van der Waals surface area (Å²) in [5, 5.41) is 5.25. The monoisotopic (exact) mass is 415 g/mol. The van der Waals surface area contributed by atoms with E-state index >= 15 is 0 Å². The van der Waals surface area contributed by atoms with E-state index in [0.717, 1.165) is 34.9 Å². The molecule has 1 N–H and O–H groups in total. The Balaban J connectivity index is 1.17. The van der Waals surface area contributed by atoms with E-state index < -0.39 is 0 Å². The summed E-state index contributed by atoms with van der Waals surface area (Å²) in [6, 6.07) is 23.9. The second kappa shape index (κ2) is 8.30. The largest absolute Gasteiger partial charge is 0.439 e. The third-order valence-electron chi connectivity index (χ3n) is 6.20. The number of hydrogen-bond acceptors (Lipinski definition) is 3. The van der Waals surface area contributed by atoms with Crippen molar-refractivity contribution >= 4 is 28.6 Å². The molecule has 3 aromatic carbocycles. The van der Waals surface area contributed by atoms with Crippen molar-refractivity contribution in [2.45, 2.75) is 25.0 Å². The van der Waals surface area contributed by atoms with Gasteiger partial charge in [0.1, 0.15) is 6.10 Å². The first-order valence-corrected chi connectivity index (χ1v) is 10.7. The van der Waals surface area contributed by atoms with Crippen LogP contribution in [0.25, 0.3) is 10.8 Å². The highest BCUT2D eigenvalue weighted by molar-refractivity contribution is 5.93. The topological polar surface area (TPSA) is 61.9 Å². The number of urea groups is 1. The predicted octanol–water partition coefficient (Wildman–Crippen LogP) is 5.03. The van der Waals surface area contributed by atoms with E-state index in [1.807, 2.05) is 76.5 Å². The van der Waals surface area contributed by atoms with Gasteiger partial charge in [0.15, 0.2) is 0 Å². The number of carbonyl (C=O) groups excluding carboxylic acids is 2. The highest BCUT2D eigenvalue weighted by atomic mass is 16.6. The zero-order valence-corrected chi connectivity index (χ0v) is 17.2. The van der Waals surface area contributed by atoms with E-state index in [4.69, 9.17) is 4.74 Å². The number of likely N-dealkylation sites (tertiary alicyclic amines) is 1. The first-order chi connectivity index (χ1) is 15.2. The number of rotatable bonds is 3. The molecule has 1 unspecified atom stereocenters. The van der Waals surface area contributed by atoms with Gasteiger partial charge in [-0.3, -0.25) is 0 Å². The van der Waals surface area contributed by atoms with Gasteiger partial charge in [-0.2, -0.15) is 0 Å². The number of benzene rings is 3. The van der Waals surface area contributed by atoms with Crippen molar-refractivity contribution in [2.75, 3.05) is 25.0 Å². The molecule has 0 aromatic heterocycles. The van der Waals surface area contributed by atoms with Crippen LogP contribution in [0.5, 0.6) is 0 Å². The molecule has 5 rings (SSSR count). The minimum atomic E-state index is -0.257. The molecular weight excluding hydrogens is 390 g/mol. The average molecular weight is 415 g/mol. The van der Waals surface area contributed by atoms with Gasteiger partial charge < -0.3 is 19.9 Å². The van der Waals surface area contributed by atoms with Crippen molar-refractivity contribution in [1.82, 2.24) is 9.80 Å². The Labute approximate surface area is 181 Å². The van der Waals surface area contributed by atoms with Crippen molar-refractivity contribution < 1.29 is 14.3 Å². The Hall–Kier alpha value is -3.54. The maximum atomic E-state index is 12.7. The van der Waals surface area contributed by atoms with E-state index in [1.165, 1.54) is 0 Å². The van der Waals surface area contributed by atoms with Gasteiger partial charge >= 0.3 is 12.1 Å². The van der Waals surface area contributed by atoms with Gasteiger partial charge in [-0.25, -0.2) is 9.59 Å². The van der Waals surface area contributed by atoms with Crippen molar-refractivity contribution in [3.8, 4) is 0 Å². The van der Waals surface area contributed by atoms with Gasteiger partial charge in [0.2, 0.25) is 0 Å². The van der Waals surface area contributed by atoms with Crippen molar-refractivity contribution in [2.24, 2.45) is 0 Å². The van der Waals surface area contributed by atoms with E-state index in [0.29, 0.717) is 19.6 Å². The smallest absolute Gasteiger partial charge is 0.410 e. The van der Waals surface area contributed by atoms with Crippen molar-refractivity contribution in [3.63, 3.8) is 0 Å². The average Bonchev–Trinajstić information content (AvgIpc) is 3.21. The quantitative estimate of drug-likeness (QED) is 0.653. The molecular formula is C25H25N3O3. The SMILES string of the molecule is O=C(Nc1ccc2ccccc2c1)N1CCC(N2CC(c3ccccc3)OC2=O)CC1. The van der Waals surface area contributed by atoms with Crippen LogP contribution in [-0.2, 0) is 4.74 Å². The van der Waals surface area contributed by atoms with Crippen molar-refractivity contribution in [1.29, 1.82) is 0 Å². The highest BCUT2D eigenvalue weighted by Crippen LogP contribution is 2.30. The third-order valence-corrected chi connectivity index (χ3v) is 6.20. The molecule has 0 radical (unpaired) electrons. The number of amides is 3. The molecule has 2 aliphatic heterocycles. The number of anilines is 1. The molecule has 6 heteroatoms. The van der Waals surface area contributed by atoms with Crippen LogP contribution in [0.2, 0.25) is 0 Å². The van der Waals surface area contributed by atoms with Gasteiger partial charge in [0.25, 0.3) is 0 Å². The summed E-state index contributed by atoms with van der Waals surface area (Å²) in [7, 11) is 0.